The van der Waals surface area contributed by atoms with Crippen LogP contribution in [-0.4, -0.2) is 55.3 Å². The number of hydrogen-bond donors (Lipinski definition) is 1. The van der Waals surface area contributed by atoms with Gasteiger partial charge in [0.1, 0.15) is 24.2 Å². The molecule has 49 heavy (non-hydrogen) atoms. The smallest absolute Gasteiger partial charge is 0.273 e. The Morgan fingerprint density at radius 1 is 0.939 bits per heavy atom. The molecule has 0 radical (unpaired) electrons. The molecule has 0 spiro atoms. The van der Waals surface area contributed by atoms with E-state index >= 15 is 0 Å². The summed E-state index contributed by atoms with van der Waals surface area (Å²) in [7, 11) is -3.15. The van der Waals surface area contributed by atoms with Crippen LogP contribution in [-0.2, 0) is 32.6 Å². The summed E-state index contributed by atoms with van der Waals surface area (Å²) in [6.07, 6.45) is 0.0924. The van der Waals surface area contributed by atoms with Gasteiger partial charge in [-0.15, -0.1) is 0 Å². The van der Waals surface area contributed by atoms with Crippen LogP contribution < -0.4 is 14.4 Å². The van der Waals surface area contributed by atoms with Crippen molar-refractivity contribution < 1.29 is 32.1 Å². The quantitative estimate of drug-likeness (QED) is 0.138. The Kier molecular flexibility index (Phi) is 11.4. The van der Waals surface area contributed by atoms with Gasteiger partial charge in [0.25, 0.3) is 15.7 Å². The normalized spacial score (nSPS) is 12.1. The van der Waals surface area contributed by atoms with Crippen LogP contribution >= 0.6 is 0 Å². The molecule has 1 atom stereocenters. The number of amides is 2. The lowest BCUT2D eigenvalue weighted by molar-refractivity contribution is -0.385. The summed E-state index contributed by atoms with van der Waals surface area (Å²) in [6.45, 7) is 5.97. The lowest BCUT2D eigenvalue weighted by atomic mass is 10.0. The number of methoxy groups -OCH3 is 1. The van der Waals surface area contributed by atoms with Gasteiger partial charge in [-0.1, -0.05) is 48.5 Å². The molecule has 0 saturated carbocycles. The molecular formula is C36H39FN4O7S. The molecule has 0 aliphatic heterocycles. The number of ether oxygens (including phenoxy) is 1. The molecule has 0 aliphatic rings. The number of carbonyl (C=O) groups is 2. The molecule has 0 fully saturated rings. The van der Waals surface area contributed by atoms with E-state index in [1.165, 1.54) is 79.6 Å². The van der Waals surface area contributed by atoms with E-state index in [0.717, 1.165) is 15.9 Å². The monoisotopic (exact) mass is 690 g/mol. The van der Waals surface area contributed by atoms with E-state index in [9.17, 15) is 32.5 Å². The number of halogens is 1. The molecule has 258 valence electrons. The average molecular weight is 691 g/mol. The van der Waals surface area contributed by atoms with Gasteiger partial charge in [0, 0.05) is 30.1 Å². The van der Waals surface area contributed by atoms with Crippen LogP contribution in [0.25, 0.3) is 0 Å². The summed E-state index contributed by atoms with van der Waals surface area (Å²) in [4.78, 5) is 40.4. The van der Waals surface area contributed by atoms with Gasteiger partial charge in [0.05, 0.1) is 22.6 Å². The van der Waals surface area contributed by atoms with E-state index in [2.05, 4.69) is 5.32 Å². The molecule has 4 aromatic rings. The second kappa shape index (κ2) is 15.3. The first kappa shape index (κ1) is 36.5. The predicted molar refractivity (Wildman–Crippen MR) is 184 cm³/mol. The maximum atomic E-state index is 14.6. The Morgan fingerprint density at radius 2 is 1.57 bits per heavy atom. The highest BCUT2D eigenvalue weighted by molar-refractivity contribution is 7.92. The van der Waals surface area contributed by atoms with Crippen molar-refractivity contribution in [2.45, 2.75) is 57.1 Å². The number of nitrogens with one attached hydrogen (secondary N) is 1. The summed E-state index contributed by atoms with van der Waals surface area (Å²) in [6, 6.07) is 22.8. The number of carbonyl (C=O) groups excluding carboxylic acids is 2. The third-order valence-corrected chi connectivity index (χ3v) is 9.41. The maximum Gasteiger partial charge on any atom is 0.273 e. The number of rotatable bonds is 13. The summed E-state index contributed by atoms with van der Waals surface area (Å²) in [5.41, 5.74) is 0.522. The number of nitrogens with zero attached hydrogens (tertiary/aromatic N) is 3. The zero-order chi connectivity index (χ0) is 35.9. The molecule has 2 amide bonds. The largest absolute Gasteiger partial charge is 0.497 e. The molecular weight excluding hydrogens is 651 g/mol. The molecule has 4 aromatic carbocycles. The first-order chi connectivity index (χ1) is 23.1. The summed E-state index contributed by atoms with van der Waals surface area (Å²) in [5.74, 6) is -1.27. The maximum absolute atomic E-state index is 14.6. The summed E-state index contributed by atoms with van der Waals surface area (Å²) < 4.78 is 48.5. The van der Waals surface area contributed by atoms with Crippen LogP contribution in [0.15, 0.2) is 102 Å². The van der Waals surface area contributed by atoms with Gasteiger partial charge in [0.2, 0.25) is 11.8 Å². The van der Waals surface area contributed by atoms with E-state index in [4.69, 9.17) is 4.74 Å². The Balaban J connectivity index is 1.85. The molecule has 0 saturated heterocycles. The van der Waals surface area contributed by atoms with Crippen molar-refractivity contribution in [1.82, 2.24) is 10.2 Å². The number of hydrogen-bond acceptors (Lipinski definition) is 7. The molecule has 1 N–H and O–H groups in total. The lowest BCUT2D eigenvalue weighted by Gasteiger charge is -2.35. The van der Waals surface area contributed by atoms with E-state index in [1.54, 1.807) is 32.9 Å². The minimum Gasteiger partial charge on any atom is -0.497 e. The van der Waals surface area contributed by atoms with Crippen molar-refractivity contribution in [3.8, 4) is 5.75 Å². The fraction of sp³-hybridized carbons (Fsp3) is 0.278. The summed E-state index contributed by atoms with van der Waals surface area (Å²) in [5, 5.41) is 14.7. The number of aryl methyl sites for hydroxylation is 1. The predicted octanol–water partition coefficient (Wildman–Crippen LogP) is 5.80. The van der Waals surface area contributed by atoms with Gasteiger partial charge in [-0.3, -0.25) is 24.0 Å². The molecule has 0 aliphatic carbocycles. The van der Waals surface area contributed by atoms with Gasteiger partial charge in [-0.2, -0.15) is 0 Å². The van der Waals surface area contributed by atoms with Crippen molar-refractivity contribution in [3.05, 3.63) is 130 Å². The fourth-order valence-electron chi connectivity index (χ4n) is 5.14. The van der Waals surface area contributed by atoms with Crippen LogP contribution in [0.5, 0.6) is 5.75 Å². The molecule has 13 heteroatoms. The first-order valence-electron chi connectivity index (χ1n) is 15.4. The van der Waals surface area contributed by atoms with Crippen LogP contribution in [0.3, 0.4) is 0 Å². The van der Waals surface area contributed by atoms with E-state index in [0.29, 0.717) is 11.3 Å². The number of nitro groups is 1. The van der Waals surface area contributed by atoms with Crippen molar-refractivity contribution in [2.75, 3.05) is 18.0 Å². The Hall–Kier alpha value is -5.30. The number of nitro benzene ring substituents is 1. The van der Waals surface area contributed by atoms with Crippen molar-refractivity contribution in [3.63, 3.8) is 0 Å². The number of anilines is 1. The summed E-state index contributed by atoms with van der Waals surface area (Å²) >= 11 is 0. The van der Waals surface area contributed by atoms with Crippen LogP contribution in [0.1, 0.15) is 37.5 Å². The third kappa shape index (κ3) is 9.41. The molecule has 0 bridgehead atoms. The van der Waals surface area contributed by atoms with Gasteiger partial charge in [0.15, 0.2) is 0 Å². The minimum absolute atomic E-state index is 0.0814. The molecule has 0 aromatic heterocycles. The fourth-order valence-corrected chi connectivity index (χ4v) is 6.58. The lowest BCUT2D eigenvalue weighted by Crippen LogP contribution is -2.56. The highest BCUT2D eigenvalue weighted by Gasteiger charge is 2.36. The van der Waals surface area contributed by atoms with E-state index < -0.39 is 61.3 Å². The standard InChI is InChI=1S/C36H39FN4O7S/c1-25-11-20-31(22-32(25)41(44)45)49(46,47)40(29-16-18-30(48-5)19-17-29)24-34(42)39(23-27-12-14-28(37)15-13-27)33(35(43)38-36(2,3)4)21-26-9-7-6-8-10-26/h6-20,22,33H,21,23-24H2,1-5H3,(H,38,43)/t33-/m0/s1. The molecule has 0 unspecified atom stereocenters. The van der Waals surface area contributed by atoms with Crippen LogP contribution in [0.2, 0.25) is 0 Å². The second-order valence-corrected chi connectivity index (χ2v) is 14.4. The number of sulfonamides is 1. The minimum atomic E-state index is -4.60. The average Bonchev–Trinajstić information content (AvgIpc) is 3.05. The zero-order valence-corrected chi connectivity index (χ0v) is 28.7. The van der Waals surface area contributed by atoms with Crippen LogP contribution in [0, 0.1) is 22.9 Å². The van der Waals surface area contributed by atoms with Crippen molar-refractivity contribution in [2.24, 2.45) is 0 Å². The molecule has 11 nitrogen and oxygen atoms in total. The van der Waals surface area contributed by atoms with Gasteiger partial charge < -0.3 is 15.0 Å². The second-order valence-electron chi connectivity index (χ2n) is 12.5. The Morgan fingerprint density at radius 3 is 2.14 bits per heavy atom. The third-order valence-electron chi connectivity index (χ3n) is 7.64. The zero-order valence-electron chi connectivity index (χ0n) is 27.9. The molecule has 0 heterocycles. The van der Waals surface area contributed by atoms with Gasteiger partial charge in [-0.25, -0.2) is 12.8 Å². The van der Waals surface area contributed by atoms with E-state index in [1.807, 2.05) is 18.2 Å². The number of benzene rings is 4. The van der Waals surface area contributed by atoms with Gasteiger partial charge >= 0.3 is 0 Å². The van der Waals surface area contributed by atoms with Crippen molar-refractivity contribution in [1.29, 1.82) is 0 Å². The highest BCUT2D eigenvalue weighted by atomic mass is 32.2. The van der Waals surface area contributed by atoms with Crippen LogP contribution in [0.4, 0.5) is 15.8 Å². The highest BCUT2D eigenvalue weighted by Crippen LogP contribution is 2.30. The SMILES string of the molecule is COc1ccc(N(CC(=O)N(Cc2ccc(F)cc2)[C@@H](Cc2ccccc2)C(=O)NC(C)(C)C)S(=O)(=O)c2ccc(C)c([N+](=O)[O-])c2)cc1. The van der Waals surface area contributed by atoms with Crippen molar-refractivity contribution >= 4 is 33.2 Å². The Labute approximate surface area is 285 Å². The van der Waals surface area contributed by atoms with Gasteiger partial charge in [-0.05, 0) is 81.3 Å². The first-order valence-corrected chi connectivity index (χ1v) is 16.8. The van der Waals surface area contributed by atoms with E-state index in [-0.39, 0.29) is 24.2 Å². The molecule has 4 rings (SSSR count). The topological polar surface area (TPSA) is 139 Å². The Bertz CT molecular complexity index is 1900.